The van der Waals surface area contributed by atoms with E-state index in [1.165, 1.54) is 0 Å². The zero-order chi connectivity index (χ0) is 7.40. The van der Waals surface area contributed by atoms with Gasteiger partial charge in [0.1, 0.15) is 0 Å². The second-order valence-corrected chi connectivity index (χ2v) is 2.44. The van der Waals surface area contributed by atoms with E-state index in [0.717, 1.165) is 13.0 Å². The maximum Gasteiger partial charge on any atom is 0.219 e. The summed E-state index contributed by atoms with van der Waals surface area (Å²) in [5.41, 5.74) is 0. The van der Waals surface area contributed by atoms with Crippen LogP contribution in [0, 0.1) is 0 Å². The van der Waals surface area contributed by atoms with E-state index >= 15 is 0 Å². The Kier molecular flexibility index (Phi) is 2.68. The minimum atomic E-state index is 0. The van der Waals surface area contributed by atoms with Crippen LogP contribution in [0.2, 0.25) is 0 Å². The van der Waals surface area contributed by atoms with E-state index < -0.39 is 0 Å². The molecule has 3 heteroatoms. The number of amides is 1. The monoisotopic (exact) mass is 145 g/mol. The van der Waals surface area contributed by atoms with Crippen molar-refractivity contribution < 1.29 is 11.0 Å². The first-order valence-corrected chi connectivity index (χ1v) is 3.71. The molecular formula is C7H15NO2. The van der Waals surface area contributed by atoms with Gasteiger partial charge >= 0.3 is 0 Å². The molecule has 0 radical (unpaired) electrons. The molecule has 1 heterocycles. The average Bonchev–Trinajstić information content (AvgIpc) is 1.84. The summed E-state index contributed by atoms with van der Waals surface area (Å²) in [6, 6.07) is 0. The molecule has 3 nitrogen and oxygen atoms in total. The highest BCUT2D eigenvalue weighted by atomic mass is 16.5. The second kappa shape index (κ2) is 3.56. The van der Waals surface area contributed by atoms with Gasteiger partial charge in [-0.3, -0.25) is 4.79 Å². The summed E-state index contributed by atoms with van der Waals surface area (Å²) in [7, 11) is 0. The summed E-state index contributed by atoms with van der Waals surface area (Å²) in [6.07, 6.45) is 1.94. The van der Waals surface area contributed by atoms with Gasteiger partial charge in [-0.05, 0) is 6.42 Å². The Bertz CT molecular complexity index is 126. The summed E-state index contributed by atoms with van der Waals surface area (Å²) in [4.78, 5) is 10.7. The van der Waals surface area contributed by atoms with Crippen LogP contribution in [0.4, 0.5) is 0 Å². The van der Waals surface area contributed by atoms with Gasteiger partial charge in [0.05, 0.1) is 6.10 Å². The Labute approximate surface area is 62.2 Å². The molecule has 1 aliphatic heterocycles. The van der Waals surface area contributed by atoms with Crippen LogP contribution in [0.1, 0.15) is 21.2 Å². The number of carbonyl (C=O) groups is 1. The lowest BCUT2D eigenvalue weighted by atomic mass is 10.2. The van der Waals surface area contributed by atoms with Crippen molar-refractivity contribution in [2.75, 3.05) is 13.2 Å². The third kappa shape index (κ3) is 1.99. The molecule has 0 bridgehead atoms. The first kappa shape index (κ1) is 7.54. The Morgan fingerprint density at radius 2 is 2.60 bits per heavy atom. The van der Waals surface area contributed by atoms with Gasteiger partial charge in [0.25, 0.3) is 0 Å². The average molecular weight is 145 g/mol. The highest BCUT2D eigenvalue weighted by molar-refractivity contribution is 5.75. The van der Waals surface area contributed by atoms with Crippen molar-refractivity contribution >= 4 is 5.91 Å². The maximum atomic E-state index is 10.7. The highest BCUT2D eigenvalue weighted by Gasteiger charge is 2.17. The van der Waals surface area contributed by atoms with Crippen LogP contribution < -0.4 is 5.32 Å². The predicted octanol–water partition coefficient (Wildman–Crippen LogP) is 0.547. The summed E-state index contributed by atoms with van der Waals surface area (Å²) in [5.74, 6) is 0.107. The molecular weight excluding hydrogens is 130 g/mol. The number of nitrogens with one attached hydrogen (secondary N) is 1. The van der Waals surface area contributed by atoms with Crippen LogP contribution >= 0.6 is 0 Å². The van der Waals surface area contributed by atoms with Gasteiger partial charge in [0, 0.05) is 21.0 Å². The van der Waals surface area contributed by atoms with Crippen molar-refractivity contribution in [3.05, 3.63) is 0 Å². The summed E-state index contributed by atoms with van der Waals surface area (Å²) in [6.45, 7) is 3.39. The number of carbonyl (C=O) groups excluding carboxylic acids is 1. The molecule has 1 atom stereocenters. The SMILES string of the molecule is CCC(=O)NCC1CCO1.[HH]. The Morgan fingerprint density at radius 1 is 1.90 bits per heavy atom. The van der Waals surface area contributed by atoms with E-state index in [1.807, 2.05) is 6.92 Å². The Balaban J connectivity index is 0.000001000. The van der Waals surface area contributed by atoms with Gasteiger partial charge in [-0.15, -0.1) is 0 Å². The minimum absolute atomic E-state index is 0. The zero-order valence-electron chi connectivity index (χ0n) is 6.22. The quantitative estimate of drug-likeness (QED) is 0.629. The van der Waals surface area contributed by atoms with E-state index in [-0.39, 0.29) is 13.4 Å². The molecule has 1 fully saturated rings. The fourth-order valence-electron chi connectivity index (χ4n) is 0.798. The van der Waals surface area contributed by atoms with Crippen molar-refractivity contribution in [1.29, 1.82) is 0 Å². The van der Waals surface area contributed by atoms with Crippen molar-refractivity contribution in [3.63, 3.8) is 0 Å². The minimum Gasteiger partial charge on any atom is -0.376 e. The lowest BCUT2D eigenvalue weighted by molar-refractivity contribution is -0.122. The van der Waals surface area contributed by atoms with Gasteiger partial charge in [0.15, 0.2) is 0 Å². The molecule has 0 saturated carbocycles. The summed E-state index contributed by atoms with van der Waals surface area (Å²) in [5, 5.41) is 2.77. The third-order valence-corrected chi connectivity index (χ3v) is 1.64. The second-order valence-electron chi connectivity index (χ2n) is 2.44. The van der Waals surface area contributed by atoms with Crippen LogP contribution in [-0.2, 0) is 9.53 Å². The number of hydrogen-bond donors (Lipinski definition) is 1. The molecule has 1 saturated heterocycles. The molecule has 0 spiro atoms. The van der Waals surface area contributed by atoms with Crippen LogP contribution in [0.5, 0.6) is 0 Å². The molecule has 60 valence electrons. The summed E-state index contributed by atoms with van der Waals surface area (Å²) < 4.78 is 5.11. The molecule has 0 aromatic rings. The Morgan fingerprint density at radius 3 is 3.00 bits per heavy atom. The van der Waals surface area contributed by atoms with Crippen molar-refractivity contribution in [2.24, 2.45) is 0 Å². The lowest BCUT2D eigenvalue weighted by Crippen LogP contribution is -2.39. The van der Waals surface area contributed by atoms with Crippen LogP contribution in [0.3, 0.4) is 0 Å². The standard InChI is InChI=1S/C7H13NO2.H2/c1-2-7(9)8-5-6-3-4-10-6;/h6H,2-5H2,1H3,(H,8,9);1H. The molecule has 1 N–H and O–H groups in total. The molecule has 1 amide bonds. The van der Waals surface area contributed by atoms with Gasteiger partial charge in [-0.25, -0.2) is 0 Å². The van der Waals surface area contributed by atoms with E-state index in [1.54, 1.807) is 0 Å². The van der Waals surface area contributed by atoms with Crippen LogP contribution in [-0.4, -0.2) is 25.2 Å². The number of rotatable bonds is 3. The van der Waals surface area contributed by atoms with Gasteiger partial charge in [-0.1, -0.05) is 6.92 Å². The first-order chi connectivity index (χ1) is 4.83. The molecule has 1 unspecified atom stereocenters. The smallest absolute Gasteiger partial charge is 0.219 e. The molecule has 10 heavy (non-hydrogen) atoms. The zero-order valence-corrected chi connectivity index (χ0v) is 6.22. The van der Waals surface area contributed by atoms with Crippen molar-refractivity contribution in [2.45, 2.75) is 25.9 Å². The predicted molar refractivity (Wildman–Crippen MR) is 39.8 cm³/mol. The fourth-order valence-corrected chi connectivity index (χ4v) is 0.798. The first-order valence-electron chi connectivity index (χ1n) is 3.71. The maximum absolute atomic E-state index is 10.7. The normalized spacial score (nSPS) is 23.5. The molecule has 0 aromatic heterocycles. The fraction of sp³-hybridized carbons (Fsp3) is 0.857. The topological polar surface area (TPSA) is 38.3 Å². The number of hydrogen-bond acceptors (Lipinski definition) is 2. The summed E-state index contributed by atoms with van der Waals surface area (Å²) >= 11 is 0. The molecule has 1 rings (SSSR count). The van der Waals surface area contributed by atoms with Crippen molar-refractivity contribution in [3.8, 4) is 0 Å². The van der Waals surface area contributed by atoms with Crippen molar-refractivity contribution in [1.82, 2.24) is 5.32 Å². The third-order valence-electron chi connectivity index (χ3n) is 1.64. The van der Waals surface area contributed by atoms with Gasteiger partial charge in [0.2, 0.25) is 5.91 Å². The molecule has 0 aliphatic carbocycles. The molecule has 0 aromatic carbocycles. The van der Waals surface area contributed by atoms with E-state index in [4.69, 9.17) is 4.74 Å². The van der Waals surface area contributed by atoms with Gasteiger partial charge < -0.3 is 10.1 Å². The van der Waals surface area contributed by atoms with E-state index in [9.17, 15) is 4.79 Å². The Hall–Kier alpha value is -0.570. The van der Waals surface area contributed by atoms with Crippen LogP contribution in [0.15, 0.2) is 0 Å². The lowest BCUT2D eigenvalue weighted by Gasteiger charge is -2.26. The largest absolute Gasteiger partial charge is 0.376 e. The van der Waals surface area contributed by atoms with Crippen LogP contribution in [0.25, 0.3) is 0 Å². The van der Waals surface area contributed by atoms with E-state index in [0.29, 0.717) is 13.0 Å². The number of ether oxygens (including phenoxy) is 1. The van der Waals surface area contributed by atoms with Gasteiger partial charge in [-0.2, -0.15) is 0 Å². The highest BCUT2D eigenvalue weighted by Crippen LogP contribution is 2.08. The van der Waals surface area contributed by atoms with E-state index in [2.05, 4.69) is 5.32 Å². The molecule has 1 aliphatic rings.